The van der Waals surface area contributed by atoms with Crippen molar-refractivity contribution in [1.82, 2.24) is 19.8 Å². The van der Waals surface area contributed by atoms with Crippen LogP contribution in [-0.2, 0) is 19.6 Å². The lowest BCUT2D eigenvalue weighted by Gasteiger charge is -2.34. The van der Waals surface area contributed by atoms with Crippen LogP contribution in [0, 0.1) is 0 Å². The Morgan fingerprint density at radius 1 is 1.10 bits per heavy atom. The van der Waals surface area contributed by atoms with Gasteiger partial charge in [0.1, 0.15) is 6.04 Å². The molecule has 30 heavy (non-hydrogen) atoms. The van der Waals surface area contributed by atoms with E-state index < -0.39 is 28.0 Å². The van der Waals surface area contributed by atoms with E-state index in [1.54, 1.807) is 4.90 Å². The largest absolute Gasteiger partial charge is 0.493 e. The van der Waals surface area contributed by atoms with Crippen LogP contribution in [0.2, 0.25) is 0 Å². The van der Waals surface area contributed by atoms with E-state index in [2.05, 4.69) is 10.6 Å². The topological polar surface area (TPSA) is 134 Å². The lowest BCUT2D eigenvalue weighted by molar-refractivity contribution is -0.132. The van der Waals surface area contributed by atoms with Crippen LogP contribution in [0.1, 0.15) is 12.8 Å². The third kappa shape index (κ3) is 4.49. The van der Waals surface area contributed by atoms with Gasteiger partial charge in [0.25, 0.3) is 5.91 Å². The maximum Gasteiger partial charge on any atom is 0.322 e. The summed E-state index contributed by atoms with van der Waals surface area (Å²) < 4.78 is 37.5. The van der Waals surface area contributed by atoms with Crippen LogP contribution in [0.25, 0.3) is 0 Å². The Bertz CT molecular complexity index is 942. The van der Waals surface area contributed by atoms with Gasteiger partial charge in [-0.05, 0) is 18.6 Å². The number of carbonyl (C=O) groups excluding carboxylic acids is 3. The van der Waals surface area contributed by atoms with Gasteiger partial charge in [0.15, 0.2) is 11.5 Å². The first kappa shape index (κ1) is 21.8. The molecule has 2 saturated heterocycles. The van der Waals surface area contributed by atoms with Crippen LogP contribution in [0.15, 0.2) is 23.1 Å². The van der Waals surface area contributed by atoms with E-state index in [9.17, 15) is 22.8 Å². The molecule has 0 aliphatic carbocycles. The molecule has 3 rings (SSSR count). The second kappa shape index (κ2) is 8.88. The smallest absolute Gasteiger partial charge is 0.322 e. The molecular weight excluding hydrogens is 416 g/mol. The number of hydrogen-bond donors (Lipinski definition) is 2. The molecule has 2 N–H and O–H groups in total. The lowest BCUT2D eigenvalue weighted by Crippen LogP contribution is -2.50. The number of urea groups is 1. The third-order valence-electron chi connectivity index (χ3n) is 5.09. The third-order valence-corrected chi connectivity index (χ3v) is 6.98. The number of piperazine rings is 1. The SMILES string of the molecule is COc1ccc(S(=O)(=O)N2CCN(C(=O)CC[C@@H]3NC(=O)NC3=O)CC2)cc1OC. The number of imide groups is 1. The zero-order valence-electron chi connectivity index (χ0n) is 16.7. The van der Waals surface area contributed by atoms with Gasteiger partial charge >= 0.3 is 6.03 Å². The number of sulfonamides is 1. The Morgan fingerprint density at radius 3 is 2.33 bits per heavy atom. The molecule has 0 radical (unpaired) electrons. The van der Waals surface area contributed by atoms with Gasteiger partial charge in [-0.1, -0.05) is 0 Å². The van der Waals surface area contributed by atoms with Crippen molar-refractivity contribution in [2.24, 2.45) is 0 Å². The molecule has 0 aromatic heterocycles. The molecule has 0 unspecified atom stereocenters. The van der Waals surface area contributed by atoms with Crippen molar-refractivity contribution in [3.8, 4) is 11.5 Å². The molecule has 1 aromatic carbocycles. The number of nitrogens with zero attached hydrogens (tertiary/aromatic N) is 2. The summed E-state index contributed by atoms with van der Waals surface area (Å²) in [6.45, 7) is 0.801. The number of amides is 4. The molecule has 1 aromatic rings. The summed E-state index contributed by atoms with van der Waals surface area (Å²) in [6.07, 6.45) is 0.279. The first-order valence-corrected chi connectivity index (χ1v) is 10.8. The Kier molecular flexibility index (Phi) is 6.46. The molecular formula is C18H24N4O7S. The molecule has 12 heteroatoms. The highest BCUT2D eigenvalue weighted by Crippen LogP contribution is 2.30. The fraction of sp³-hybridized carbons (Fsp3) is 0.500. The van der Waals surface area contributed by atoms with Gasteiger partial charge in [-0.2, -0.15) is 4.31 Å². The van der Waals surface area contributed by atoms with Gasteiger partial charge in [-0.25, -0.2) is 13.2 Å². The quantitative estimate of drug-likeness (QED) is 0.547. The van der Waals surface area contributed by atoms with Gasteiger partial charge in [0.05, 0.1) is 19.1 Å². The van der Waals surface area contributed by atoms with Crippen LogP contribution in [0.5, 0.6) is 11.5 Å². The Hall–Kier alpha value is -2.86. The number of carbonyl (C=O) groups is 3. The average Bonchev–Trinajstić information content (AvgIpc) is 3.08. The van der Waals surface area contributed by atoms with E-state index in [1.165, 1.54) is 36.7 Å². The number of nitrogens with one attached hydrogen (secondary N) is 2. The average molecular weight is 440 g/mol. The fourth-order valence-corrected chi connectivity index (χ4v) is 4.83. The molecule has 2 aliphatic heterocycles. The molecule has 2 heterocycles. The first-order chi connectivity index (χ1) is 14.3. The second-order valence-corrected chi connectivity index (χ2v) is 8.79. The van der Waals surface area contributed by atoms with Gasteiger partial charge in [0.2, 0.25) is 15.9 Å². The number of methoxy groups -OCH3 is 2. The Labute approximate surface area is 174 Å². The predicted octanol–water partition coefficient (Wildman–Crippen LogP) is -0.475. The molecule has 4 amide bonds. The summed E-state index contributed by atoms with van der Waals surface area (Å²) in [5, 5.41) is 4.57. The number of hydrogen-bond acceptors (Lipinski definition) is 7. The fourth-order valence-electron chi connectivity index (χ4n) is 3.39. The van der Waals surface area contributed by atoms with Crippen molar-refractivity contribution in [3.63, 3.8) is 0 Å². The molecule has 1 atom stereocenters. The molecule has 2 fully saturated rings. The standard InChI is InChI=1S/C18H24N4O7S/c1-28-14-5-3-12(11-15(14)29-2)30(26,27)22-9-7-21(8-10-22)16(23)6-4-13-17(24)20-18(25)19-13/h3,5,11,13H,4,6-10H2,1-2H3,(H2,19,20,24,25)/t13-/m0/s1. The van der Waals surface area contributed by atoms with Crippen LogP contribution in [-0.4, -0.2) is 81.9 Å². The summed E-state index contributed by atoms with van der Waals surface area (Å²) in [5.74, 6) is 0.111. The van der Waals surface area contributed by atoms with Gasteiger partial charge in [-0.15, -0.1) is 0 Å². The zero-order chi connectivity index (χ0) is 21.9. The van der Waals surface area contributed by atoms with Crippen molar-refractivity contribution in [1.29, 1.82) is 0 Å². The van der Waals surface area contributed by atoms with Crippen LogP contribution >= 0.6 is 0 Å². The molecule has 0 saturated carbocycles. The lowest BCUT2D eigenvalue weighted by atomic mass is 10.1. The van der Waals surface area contributed by atoms with E-state index in [0.717, 1.165) is 0 Å². The van der Waals surface area contributed by atoms with Gasteiger partial charge in [-0.3, -0.25) is 14.9 Å². The normalized spacial score (nSPS) is 19.9. The van der Waals surface area contributed by atoms with E-state index in [-0.39, 0.29) is 49.8 Å². The summed E-state index contributed by atoms with van der Waals surface area (Å²) in [5.41, 5.74) is 0. The molecule has 164 valence electrons. The number of benzene rings is 1. The number of rotatable bonds is 7. The molecule has 0 bridgehead atoms. The zero-order valence-corrected chi connectivity index (χ0v) is 17.5. The highest BCUT2D eigenvalue weighted by molar-refractivity contribution is 7.89. The second-order valence-electron chi connectivity index (χ2n) is 6.86. The van der Waals surface area contributed by atoms with Crippen molar-refractivity contribution < 1.29 is 32.3 Å². The van der Waals surface area contributed by atoms with Crippen LogP contribution in [0.4, 0.5) is 4.79 Å². The Balaban J connectivity index is 1.57. The van der Waals surface area contributed by atoms with E-state index in [1.807, 2.05) is 0 Å². The monoisotopic (exact) mass is 440 g/mol. The predicted molar refractivity (Wildman–Crippen MR) is 105 cm³/mol. The first-order valence-electron chi connectivity index (χ1n) is 9.37. The van der Waals surface area contributed by atoms with Crippen molar-refractivity contribution in [3.05, 3.63) is 18.2 Å². The van der Waals surface area contributed by atoms with Crippen molar-refractivity contribution >= 4 is 27.9 Å². The maximum atomic E-state index is 12.9. The van der Waals surface area contributed by atoms with Crippen molar-refractivity contribution in [2.75, 3.05) is 40.4 Å². The van der Waals surface area contributed by atoms with Crippen molar-refractivity contribution in [2.45, 2.75) is 23.8 Å². The van der Waals surface area contributed by atoms with E-state index >= 15 is 0 Å². The summed E-state index contributed by atoms with van der Waals surface area (Å²) in [4.78, 5) is 36.7. The molecule has 11 nitrogen and oxygen atoms in total. The Morgan fingerprint density at radius 2 is 1.77 bits per heavy atom. The summed E-state index contributed by atoms with van der Waals surface area (Å²) in [7, 11) is -0.851. The summed E-state index contributed by atoms with van der Waals surface area (Å²) >= 11 is 0. The minimum absolute atomic E-state index is 0.0841. The molecule has 2 aliphatic rings. The van der Waals surface area contributed by atoms with Gasteiger partial charge in [0, 0.05) is 38.7 Å². The van der Waals surface area contributed by atoms with Crippen LogP contribution < -0.4 is 20.1 Å². The maximum absolute atomic E-state index is 12.9. The minimum Gasteiger partial charge on any atom is -0.493 e. The van der Waals surface area contributed by atoms with Crippen LogP contribution in [0.3, 0.4) is 0 Å². The van der Waals surface area contributed by atoms with E-state index in [4.69, 9.17) is 9.47 Å². The minimum atomic E-state index is -3.75. The molecule has 0 spiro atoms. The highest BCUT2D eigenvalue weighted by atomic mass is 32.2. The number of ether oxygens (including phenoxy) is 2. The highest BCUT2D eigenvalue weighted by Gasteiger charge is 2.33. The van der Waals surface area contributed by atoms with E-state index in [0.29, 0.717) is 11.5 Å². The van der Waals surface area contributed by atoms with Gasteiger partial charge < -0.3 is 19.7 Å². The summed E-state index contributed by atoms with van der Waals surface area (Å²) in [6, 6.07) is 3.12.